The quantitative estimate of drug-likeness (QED) is 0.795. The highest BCUT2D eigenvalue weighted by Crippen LogP contribution is 2.34. The zero-order valence-electron chi connectivity index (χ0n) is 13.3. The predicted octanol–water partition coefficient (Wildman–Crippen LogP) is 4.28. The van der Waals surface area contributed by atoms with Crippen molar-refractivity contribution in [3.63, 3.8) is 0 Å². The van der Waals surface area contributed by atoms with Gasteiger partial charge in [0.25, 0.3) is 0 Å². The molecule has 23 heavy (non-hydrogen) atoms. The molecule has 3 heteroatoms. The van der Waals surface area contributed by atoms with Crippen LogP contribution in [0.25, 0.3) is 11.1 Å². The Balaban J connectivity index is 2.14. The van der Waals surface area contributed by atoms with E-state index >= 15 is 0 Å². The van der Waals surface area contributed by atoms with Gasteiger partial charge in [-0.05, 0) is 67.5 Å². The Kier molecular flexibility index (Phi) is 4.43. The topological polar surface area (TPSA) is 50.1 Å². The van der Waals surface area contributed by atoms with E-state index in [1.165, 1.54) is 24.0 Å². The third kappa shape index (κ3) is 2.98. The van der Waals surface area contributed by atoms with Gasteiger partial charge in [0, 0.05) is 5.56 Å². The number of benzene rings is 2. The first-order chi connectivity index (χ1) is 11.2. The van der Waals surface area contributed by atoms with E-state index in [9.17, 15) is 10.1 Å². The molecular formula is C20H19NO2. The Morgan fingerprint density at radius 3 is 2.78 bits per heavy atom. The van der Waals surface area contributed by atoms with Crippen molar-refractivity contribution in [2.75, 3.05) is 6.61 Å². The van der Waals surface area contributed by atoms with Gasteiger partial charge < -0.3 is 4.74 Å². The van der Waals surface area contributed by atoms with Crippen LogP contribution in [0, 0.1) is 11.3 Å². The maximum atomic E-state index is 12.0. The van der Waals surface area contributed by atoms with Crippen LogP contribution in [0.15, 0.2) is 36.4 Å². The molecule has 1 aliphatic carbocycles. The molecule has 3 nitrogen and oxygen atoms in total. The summed E-state index contributed by atoms with van der Waals surface area (Å²) in [6, 6.07) is 13.7. The largest absolute Gasteiger partial charge is 0.462 e. The van der Waals surface area contributed by atoms with Crippen LogP contribution in [-0.2, 0) is 17.6 Å². The fraction of sp³-hybridized carbons (Fsp3) is 0.300. The number of carbonyl (C=O) groups is 1. The molecule has 2 aromatic rings. The van der Waals surface area contributed by atoms with Gasteiger partial charge in [-0.25, -0.2) is 4.79 Å². The first-order valence-electron chi connectivity index (χ1n) is 8.07. The second-order valence-electron chi connectivity index (χ2n) is 5.74. The third-order valence-corrected chi connectivity index (χ3v) is 4.34. The van der Waals surface area contributed by atoms with E-state index in [2.05, 4.69) is 18.2 Å². The molecule has 116 valence electrons. The van der Waals surface area contributed by atoms with Gasteiger partial charge in [-0.3, -0.25) is 0 Å². The number of fused-ring (bicyclic) bond motifs is 1. The number of carbonyl (C=O) groups excluding carboxylic acids is 1. The van der Waals surface area contributed by atoms with E-state index < -0.39 is 0 Å². The van der Waals surface area contributed by atoms with Crippen LogP contribution in [0.5, 0.6) is 0 Å². The number of hydrogen-bond donors (Lipinski definition) is 0. The fourth-order valence-electron chi connectivity index (χ4n) is 3.24. The maximum Gasteiger partial charge on any atom is 0.338 e. The van der Waals surface area contributed by atoms with E-state index in [0.29, 0.717) is 17.7 Å². The summed E-state index contributed by atoms with van der Waals surface area (Å²) in [6.45, 7) is 2.13. The van der Waals surface area contributed by atoms with Crippen molar-refractivity contribution in [2.45, 2.75) is 32.6 Å². The van der Waals surface area contributed by atoms with Crippen LogP contribution in [-0.4, -0.2) is 12.6 Å². The highest BCUT2D eigenvalue weighted by atomic mass is 16.5. The van der Waals surface area contributed by atoms with Gasteiger partial charge in [0.1, 0.15) is 0 Å². The zero-order chi connectivity index (χ0) is 16.2. The zero-order valence-corrected chi connectivity index (χ0v) is 13.3. The van der Waals surface area contributed by atoms with E-state index in [1.807, 2.05) is 6.07 Å². The number of aryl methyl sites for hydroxylation is 1. The average Bonchev–Trinajstić information content (AvgIpc) is 2.61. The second kappa shape index (κ2) is 6.66. The van der Waals surface area contributed by atoms with Gasteiger partial charge >= 0.3 is 5.97 Å². The molecule has 3 rings (SSSR count). The summed E-state index contributed by atoms with van der Waals surface area (Å²) < 4.78 is 5.08. The Labute approximate surface area is 136 Å². The minimum absolute atomic E-state index is 0.342. The number of esters is 1. The molecule has 0 radical (unpaired) electrons. The molecular weight excluding hydrogens is 286 g/mol. The molecule has 2 aromatic carbocycles. The monoisotopic (exact) mass is 305 g/mol. The van der Waals surface area contributed by atoms with Crippen LogP contribution >= 0.6 is 0 Å². The third-order valence-electron chi connectivity index (χ3n) is 4.34. The minimum Gasteiger partial charge on any atom is -0.462 e. The second-order valence-corrected chi connectivity index (χ2v) is 5.74. The lowest BCUT2D eigenvalue weighted by molar-refractivity contribution is 0.0526. The molecule has 0 saturated carbocycles. The van der Waals surface area contributed by atoms with Gasteiger partial charge in [0.05, 0.1) is 23.8 Å². The summed E-state index contributed by atoms with van der Waals surface area (Å²) in [6.07, 6.45) is 4.50. The average molecular weight is 305 g/mol. The fourth-order valence-corrected chi connectivity index (χ4v) is 3.24. The molecule has 0 fully saturated rings. The molecule has 0 N–H and O–H groups in total. The van der Waals surface area contributed by atoms with E-state index in [-0.39, 0.29) is 5.97 Å². The summed E-state index contributed by atoms with van der Waals surface area (Å²) in [5, 5.41) is 9.45. The van der Waals surface area contributed by atoms with Crippen molar-refractivity contribution in [3.8, 4) is 17.2 Å². The van der Waals surface area contributed by atoms with Crippen molar-refractivity contribution >= 4 is 5.97 Å². The van der Waals surface area contributed by atoms with Crippen LogP contribution < -0.4 is 0 Å². The summed E-state index contributed by atoms with van der Waals surface area (Å²) in [4.78, 5) is 12.0. The van der Waals surface area contributed by atoms with Crippen LogP contribution in [0.2, 0.25) is 0 Å². The molecule has 0 aliphatic heterocycles. The molecule has 1 aliphatic rings. The lowest BCUT2D eigenvalue weighted by atomic mass is 9.84. The molecule has 0 heterocycles. The van der Waals surface area contributed by atoms with Gasteiger partial charge in [-0.2, -0.15) is 5.26 Å². The molecule has 0 saturated heterocycles. The molecule has 0 atom stereocenters. The Bertz CT molecular complexity index is 787. The Morgan fingerprint density at radius 2 is 2.00 bits per heavy atom. The van der Waals surface area contributed by atoms with E-state index in [4.69, 9.17) is 4.74 Å². The molecule has 0 unspecified atom stereocenters. The van der Waals surface area contributed by atoms with Crippen molar-refractivity contribution in [1.29, 1.82) is 5.26 Å². The van der Waals surface area contributed by atoms with Crippen molar-refractivity contribution < 1.29 is 9.53 Å². The van der Waals surface area contributed by atoms with Crippen LogP contribution in [0.1, 0.15) is 46.8 Å². The molecule has 0 spiro atoms. The molecule has 0 bridgehead atoms. The lowest BCUT2D eigenvalue weighted by Crippen LogP contribution is -2.07. The summed E-state index contributed by atoms with van der Waals surface area (Å²) in [7, 11) is 0. The van der Waals surface area contributed by atoms with Crippen LogP contribution in [0.4, 0.5) is 0 Å². The number of nitriles is 1. The smallest absolute Gasteiger partial charge is 0.338 e. The van der Waals surface area contributed by atoms with Gasteiger partial charge in [0.15, 0.2) is 0 Å². The summed E-state index contributed by atoms with van der Waals surface area (Å²) in [5.74, 6) is -0.344. The van der Waals surface area contributed by atoms with Gasteiger partial charge in [-0.15, -0.1) is 0 Å². The summed E-state index contributed by atoms with van der Waals surface area (Å²) in [5.41, 5.74) is 5.67. The first-order valence-corrected chi connectivity index (χ1v) is 8.07. The Morgan fingerprint density at radius 1 is 1.17 bits per heavy atom. The van der Waals surface area contributed by atoms with Gasteiger partial charge in [0.2, 0.25) is 0 Å². The van der Waals surface area contributed by atoms with Crippen LogP contribution in [0.3, 0.4) is 0 Å². The number of hydrogen-bond acceptors (Lipinski definition) is 3. The number of rotatable bonds is 3. The summed E-state index contributed by atoms with van der Waals surface area (Å²) >= 11 is 0. The molecule has 0 aromatic heterocycles. The maximum absolute atomic E-state index is 12.0. The normalized spacial score (nSPS) is 13.0. The van der Waals surface area contributed by atoms with E-state index in [1.54, 1.807) is 25.1 Å². The van der Waals surface area contributed by atoms with E-state index in [0.717, 1.165) is 24.0 Å². The first kappa shape index (κ1) is 15.3. The molecule has 0 amide bonds. The number of ether oxygens (including phenoxy) is 1. The predicted molar refractivity (Wildman–Crippen MR) is 89.2 cm³/mol. The Hall–Kier alpha value is -2.60. The highest BCUT2D eigenvalue weighted by molar-refractivity contribution is 5.92. The lowest BCUT2D eigenvalue weighted by Gasteiger charge is -2.20. The minimum atomic E-state index is -0.344. The van der Waals surface area contributed by atoms with Crippen molar-refractivity contribution in [2.24, 2.45) is 0 Å². The highest BCUT2D eigenvalue weighted by Gasteiger charge is 2.18. The van der Waals surface area contributed by atoms with Gasteiger partial charge in [-0.1, -0.05) is 18.2 Å². The van der Waals surface area contributed by atoms with Crippen molar-refractivity contribution in [3.05, 3.63) is 58.7 Å². The number of nitrogens with zero attached hydrogens (tertiary/aromatic N) is 1. The van der Waals surface area contributed by atoms with Crippen molar-refractivity contribution in [1.82, 2.24) is 0 Å². The standard InChI is InChI=1S/C20H19NO2/c1-2-23-20(22)15-10-11-16(13-21)19(12-15)18-9-5-7-14-6-3-4-8-17(14)18/h5,7,9-12H,2-4,6,8H2,1H3. The SMILES string of the molecule is CCOC(=O)c1ccc(C#N)c(-c2cccc3c2CCCC3)c1.